The van der Waals surface area contributed by atoms with Crippen LogP contribution in [-0.4, -0.2) is 40.9 Å². The SMILES string of the molecule is O=C1CC(Cc2ccccc2OC(F)(F)F)=Nc2c1cnn2C1CCOCC1. The van der Waals surface area contributed by atoms with Crippen LogP contribution in [0.3, 0.4) is 0 Å². The van der Waals surface area contributed by atoms with E-state index in [0.29, 0.717) is 35.9 Å². The van der Waals surface area contributed by atoms with E-state index in [1.54, 1.807) is 16.8 Å². The Morgan fingerprint density at radius 3 is 2.71 bits per heavy atom. The maximum atomic E-state index is 12.6. The number of carbonyl (C=O) groups is 1. The van der Waals surface area contributed by atoms with Crippen molar-refractivity contribution in [2.24, 2.45) is 4.99 Å². The van der Waals surface area contributed by atoms with Gasteiger partial charge in [-0.2, -0.15) is 5.10 Å². The molecule has 0 unspecified atom stereocenters. The van der Waals surface area contributed by atoms with E-state index < -0.39 is 6.36 Å². The first kappa shape index (κ1) is 18.7. The number of aliphatic imine (C=N–C) groups is 1. The molecule has 28 heavy (non-hydrogen) atoms. The van der Waals surface area contributed by atoms with E-state index in [1.165, 1.54) is 18.3 Å². The molecule has 1 fully saturated rings. The van der Waals surface area contributed by atoms with E-state index in [2.05, 4.69) is 14.8 Å². The number of hydrogen-bond donors (Lipinski definition) is 0. The largest absolute Gasteiger partial charge is 0.573 e. The maximum Gasteiger partial charge on any atom is 0.573 e. The van der Waals surface area contributed by atoms with Gasteiger partial charge in [-0.3, -0.25) is 4.79 Å². The molecule has 0 aliphatic carbocycles. The number of fused-ring (bicyclic) bond motifs is 1. The maximum absolute atomic E-state index is 12.6. The van der Waals surface area contributed by atoms with Crippen molar-refractivity contribution in [3.63, 3.8) is 0 Å². The molecule has 9 heteroatoms. The number of Topliss-reactive ketones (excluding diaryl/α,β-unsaturated/α-hetero) is 1. The smallest absolute Gasteiger partial charge is 0.405 e. The Morgan fingerprint density at radius 1 is 1.21 bits per heavy atom. The zero-order valence-corrected chi connectivity index (χ0v) is 14.9. The molecule has 0 radical (unpaired) electrons. The molecule has 0 saturated carbocycles. The highest BCUT2D eigenvalue weighted by molar-refractivity contribution is 6.15. The lowest BCUT2D eigenvalue weighted by Crippen LogP contribution is -2.22. The number of carbonyl (C=O) groups excluding carboxylic acids is 1. The minimum atomic E-state index is -4.78. The summed E-state index contributed by atoms with van der Waals surface area (Å²) in [4.78, 5) is 17.1. The van der Waals surface area contributed by atoms with Crippen LogP contribution in [0.5, 0.6) is 5.75 Å². The Balaban J connectivity index is 1.63. The molecule has 0 atom stereocenters. The van der Waals surface area contributed by atoms with Gasteiger partial charge < -0.3 is 9.47 Å². The molecule has 6 nitrogen and oxygen atoms in total. The molecule has 2 aromatic rings. The lowest BCUT2D eigenvalue weighted by Gasteiger charge is -2.24. The molecule has 2 aliphatic heterocycles. The van der Waals surface area contributed by atoms with E-state index in [1.807, 2.05) is 0 Å². The van der Waals surface area contributed by atoms with Crippen LogP contribution in [0.1, 0.15) is 41.2 Å². The van der Waals surface area contributed by atoms with Crippen LogP contribution in [0.4, 0.5) is 19.0 Å². The molecule has 0 spiro atoms. The second-order valence-corrected chi connectivity index (χ2v) is 6.78. The summed E-state index contributed by atoms with van der Waals surface area (Å²) in [5.41, 5.74) is 1.27. The normalized spacial score (nSPS) is 18.0. The van der Waals surface area contributed by atoms with Crippen LogP contribution < -0.4 is 4.74 Å². The molecular weight excluding hydrogens is 375 g/mol. The van der Waals surface area contributed by atoms with Crippen molar-refractivity contribution in [1.82, 2.24) is 9.78 Å². The highest BCUT2D eigenvalue weighted by Crippen LogP contribution is 2.33. The third-order valence-electron chi connectivity index (χ3n) is 4.83. The Morgan fingerprint density at radius 2 is 1.96 bits per heavy atom. The first-order valence-corrected chi connectivity index (χ1v) is 8.99. The summed E-state index contributed by atoms with van der Waals surface area (Å²) in [6.07, 6.45) is -1.57. The van der Waals surface area contributed by atoms with Crippen molar-refractivity contribution in [1.29, 1.82) is 0 Å². The van der Waals surface area contributed by atoms with Gasteiger partial charge in [0, 0.05) is 30.9 Å². The second-order valence-electron chi connectivity index (χ2n) is 6.78. The van der Waals surface area contributed by atoms with Crippen molar-refractivity contribution in [3.05, 3.63) is 41.6 Å². The predicted molar refractivity (Wildman–Crippen MR) is 94.2 cm³/mol. The average molecular weight is 393 g/mol. The van der Waals surface area contributed by atoms with Crippen LogP contribution in [0.2, 0.25) is 0 Å². The first-order chi connectivity index (χ1) is 13.4. The van der Waals surface area contributed by atoms with Crippen LogP contribution >= 0.6 is 0 Å². The van der Waals surface area contributed by atoms with Gasteiger partial charge in [-0.1, -0.05) is 18.2 Å². The van der Waals surface area contributed by atoms with Gasteiger partial charge in [0.1, 0.15) is 5.75 Å². The van der Waals surface area contributed by atoms with Gasteiger partial charge in [-0.15, -0.1) is 13.2 Å². The van der Waals surface area contributed by atoms with Gasteiger partial charge in [0.2, 0.25) is 0 Å². The van der Waals surface area contributed by atoms with Gasteiger partial charge in [-0.25, -0.2) is 9.67 Å². The third-order valence-corrected chi connectivity index (χ3v) is 4.83. The summed E-state index contributed by atoms with van der Waals surface area (Å²) < 4.78 is 49.2. The fourth-order valence-corrected chi connectivity index (χ4v) is 3.53. The fraction of sp³-hybridized carbons (Fsp3) is 0.421. The summed E-state index contributed by atoms with van der Waals surface area (Å²) in [7, 11) is 0. The van der Waals surface area contributed by atoms with Crippen molar-refractivity contribution in [2.75, 3.05) is 13.2 Å². The van der Waals surface area contributed by atoms with Crippen LogP contribution in [0, 0.1) is 0 Å². The topological polar surface area (TPSA) is 65.7 Å². The molecule has 4 rings (SSSR count). The molecule has 148 valence electrons. The molecule has 1 saturated heterocycles. The molecule has 1 aromatic carbocycles. The van der Waals surface area contributed by atoms with Crippen LogP contribution in [0.25, 0.3) is 0 Å². The monoisotopic (exact) mass is 393 g/mol. The van der Waals surface area contributed by atoms with Crippen molar-refractivity contribution in [2.45, 2.75) is 38.1 Å². The Hall–Kier alpha value is -2.68. The molecule has 0 N–H and O–H groups in total. The summed E-state index contributed by atoms with van der Waals surface area (Å²) >= 11 is 0. The highest BCUT2D eigenvalue weighted by atomic mass is 19.4. The summed E-state index contributed by atoms with van der Waals surface area (Å²) in [5, 5.41) is 4.34. The number of ether oxygens (including phenoxy) is 2. The second kappa shape index (κ2) is 7.38. The summed E-state index contributed by atoms with van der Waals surface area (Å²) in [6, 6.07) is 5.98. The fourth-order valence-electron chi connectivity index (χ4n) is 3.53. The van der Waals surface area contributed by atoms with Gasteiger partial charge in [0.15, 0.2) is 11.6 Å². The number of halogens is 3. The van der Waals surface area contributed by atoms with E-state index >= 15 is 0 Å². The van der Waals surface area contributed by atoms with E-state index in [9.17, 15) is 18.0 Å². The molecule has 3 heterocycles. The standard InChI is InChI=1S/C19H18F3N3O3/c20-19(21,22)28-17-4-2-1-3-12(17)9-13-10-16(26)15-11-23-25(18(15)24-13)14-5-7-27-8-6-14/h1-4,11,14H,5-10H2. The predicted octanol–water partition coefficient (Wildman–Crippen LogP) is 4.03. The molecule has 0 bridgehead atoms. The summed E-state index contributed by atoms with van der Waals surface area (Å²) in [6.45, 7) is 1.23. The minimum Gasteiger partial charge on any atom is -0.405 e. The van der Waals surface area contributed by atoms with E-state index in [4.69, 9.17) is 4.74 Å². The summed E-state index contributed by atoms with van der Waals surface area (Å²) in [5.74, 6) is 0.0637. The first-order valence-electron chi connectivity index (χ1n) is 8.99. The highest BCUT2D eigenvalue weighted by Gasteiger charge is 2.33. The molecule has 1 aromatic heterocycles. The number of benzene rings is 1. The number of ketones is 1. The van der Waals surface area contributed by atoms with Gasteiger partial charge in [-0.05, 0) is 18.9 Å². The lowest BCUT2D eigenvalue weighted by molar-refractivity contribution is -0.274. The molecule has 0 amide bonds. The quantitative estimate of drug-likeness (QED) is 0.787. The number of aromatic nitrogens is 2. The number of nitrogens with zero attached hydrogens (tertiary/aromatic N) is 3. The number of para-hydroxylation sites is 1. The number of rotatable bonds is 4. The van der Waals surface area contributed by atoms with Crippen molar-refractivity contribution in [3.8, 4) is 5.75 Å². The van der Waals surface area contributed by atoms with Crippen LogP contribution in [-0.2, 0) is 11.2 Å². The molecule has 2 aliphatic rings. The van der Waals surface area contributed by atoms with Crippen molar-refractivity contribution < 1.29 is 27.4 Å². The lowest BCUT2D eigenvalue weighted by atomic mass is 9.98. The minimum absolute atomic E-state index is 0.0484. The zero-order valence-electron chi connectivity index (χ0n) is 14.9. The van der Waals surface area contributed by atoms with Gasteiger partial charge >= 0.3 is 6.36 Å². The Kier molecular flexibility index (Phi) is 4.92. The average Bonchev–Trinajstić information content (AvgIpc) is 3.07. The number of hydrogen-bond acceptors (Lipinski definition) is 5. The van der Waals surface area contributed by atoms with Crippen LogP contribution in [0.15, 0.2) is 35.5 Å². The Bertz CT molecular complexity index is 915. The van der Waals surface area contributed by atoms with Crippen molar-refractivity contribution >= 4 is 17.3 Å². The Labute approximate surface area is 159 Å². The zero-order chi connectivity index (χ0) is 19.7. The van der Waals surface area contributed by atoms with E-state index in [-0.39, 0.29) is 30.4 Å². The van der Waals surface area contributed by atoms with Gasteiger partial charge in [0.25, 0.3) is 0 Å². The number of alkyl halides is 3. The molecular formula is C19H18F3N3O3. The third kappa shape index (κ3) is 3.94. The van der Waals surface area contributed by atoms with E-state index in [0.717, 1.165) is 12.8 Å². The van der Waals surface area contributed by atoms with Gasteiger partial charge in [0.05, 0.1) is 24.2 Å².